The molecule has 0 aliphatic heterocycles. The predicted molar refractivity (Wildman–Crippen MR) is 101 cm³/mol. The number of nitrogens with two attached hydrogens (primary N) is 1. The van der Waals surface area contributed by atoms with Crippen molar-refractivity contribution in [1.82, 2.24) is 0 Å². The summed E-state index contributed by atoms with van der Waals surface area (Å²) in [5, 5.41) is -0.381. The fourth-order valence-electron chi connectivity index (χ4n) is 2.36. The van der Waals surface area contributed by atoms with E-state index < -0.39 is 12.1 Å². The van der Waals surface area contributed by atoms with Crippen LogP contribution in [0.25, 0.3) is 0 Å². The van der Waals surface area contributed by atoms with Crippen molar-refractivity contribution in [2.45, 2.75) is 16.2 Å². The van der Waals surface area contributed by atoms with Crippen molar-refractivity contribution in [1.29, 1.82) is 0 Å². The summed E-state index contributed by atoms with van der Waals surface area (Å²) in [5.41, 5.74) is 7.59. The number of hydrogen-bond acceptors (Lipinski definition) is 7. The van der Waals surface area contributed by atoms with Gasteiger partial charge in [-0.25, -0.2) is 4.79 Å². The van der Waals surface area contributed by atoms with Crippen LogP contribution >= 0.6 is 11.8 Å². The van der Waals surface area contributed by atoms with E-state index in [1.807, 2.05) is 48.5 Å². The topological polar surface area (TPSA) is 80.0 Å². The Hall–Kier alpha value is -2.22. The van der Waals surface area contributed by atoms with Crippen LogP contribution in [0, 0.1) is 0 Å². The SMILES string of the molecule is COCO[C@@H](C(=O)OC)[C@@H](Sc1ccccc1N)c1ccc(OC)cc1. The van der Waals surface area contributed by atoms with E-state index in [4.69, 9.17) is 24.7 Å². The van der Waals surface area contributed by atoms with Crippen LogP contribution in [-0.2, 0) is 19.0 Å². The first-order chi connectivity index (χ1) is 12.6. The summed E-state index contributed by atoms with van der Waals surface area (Å²) in [4.78, 5) is 13.2. The first-order valence-corrected chi connectivity index (χ1v) is 8.82. The van der Waals surface area contributed by atoms with Gasteiger partial charge in [-0.05, 0) is 29.8 Å². The maximum Gasteiger partial charge on any atom is 0.336 e. The van der Waals surface area contributed by atoms with Gasteiger partial charge >= 0.3 is 5.97 Å². The fourth-order valence-corrected chi connectivity index (χ4v) is 3.60. The molecular weight excluding hydrogens is 354 g/mol. The zero-order valence-electron chi connectivity index (χ0n) is 15.0. The molecule has 0 fully saturated rings. The summed E-state index contributed by atoms with van der Waals surface area (Å²) < 4.78 is 20.8. The zero-order valence-corrected chi connectivity index (χ0v) is 15.8. The van der Waals surface area contributed by atoms with Crippen molar-refractivity contribution < 1.29 is 23.7 Å². The van der Waals surface area contributed by atoms with E-state index in [1.165, 1.54) is 26.0 Å². The highest BCUT2D eigenvalue weighted by atomic mass is 32.2. The number of esters is 1. The van der Waals surface area contributed by atoms with E-state index in [2.05, 4.69) is 0 Å². The highest BCUT2D eigenvalue weighted by Crippen LogP contribution is 2.42. The molecule has 0 aromatic heterocycles. The second kappa shape index (κ2) is 10.1. The number of rotatable bonds is 9. The average molecular weight is 377 g/mol. The Morgan fingerprint density at radius 2 is 1.77 bits per heavy atom. The number of carbonyl (C=O) groups excluding carboxylic acids is 1. The summed E-state index contributed by atoms with van der Waals surface area (Å²) in [5.74, 6) is 0.244. The summed E-state index contributed by atoms with van der Waals surface area (Å²) >= 11 is 1.44. The van der Waals surface area contributed by atoms with Crippen molar-refractivity contribution in [2.24, 2.45) is 0 Å². The van der Waals surface area contributed by atoms with E-state index >= 15 is 0 Å². The van der Waals surface area contributed by atoms with Crippen molar-refractivity contribution in [3.63, 3.8) is 0 Å². The lowest BCUT2D eigenvalue weighted by Gasteiger charge is -2.25. The second-order valence-corrected chi connectivity index (χ2v) is 6.55. The van der Waals surface area contributed by atoms with E-state index in [-0.39, 0.29) is 12.0 Å². The van der Waals surface area contributed by atoms with Gasteiger partial charge in [0.05, 0.1) is 19.5 Å². The van der Waals surface area contributed by atoms with Crippen LogP contribution in [0.2, 0.25) is 0 Å². The van der Waals surface area contributed by atoms with Crippen molar-refractivity contribution in [3.8, 4) is 5.75 Å². The molecule has 0 saturated heterocycles. The minimum atomic E-state index is -0.863. The smallest absolute Gasteiger partial charge is 0.336 e. The van der Waals surface area contributed by atoms with Crippen molar-refractivity contribution in [3.05, 3.63) is 54.1 Å². The molecular formula is C19H23NO5S. The third kappa shape index (κ3) is 5.14. The summed E-state index contributed by atoms with van der Waals surface area (Å²) in [7, 11) is 4.43. The Kier molecular flexibility index (Phi) is 7.77. The molecule has 2 aromatic rings. The van der Waals surface area contributed by atoms with E-state index in [1.54, 1.807) is 7.11 Å². The highest BCUT2D eigenvalue weighted by Gasteiger charge is 2.33. The number of thioether (sulfide) groups is 1. The van der Waals surface area contributed by atoms with Gasteiger partial charge < -0.3 is 24.7 Å². The number of nitrogen functional groups attached to an aromatic ring is 1. The maximum absolute atomic E-state index is 12.4. The third-order valence-corrected chi connectivity index (χ3v) is 5.09. The van der Waals surface area contributed by atoms with Gasteiger partial charge in [0, 0.05) is 17.7 Å². The number of methoxy groups -OCH3 is 3. The molecule has 2 rings (SSSR count). The molecule has 2 atom stereocenters. The normalized spacial score (nSPS) is 13.0. The first kappa shape index (κ1) is 20.1. The van der Waals surface area contributed by atoms with Crippen LogP contribution < -0.4 is 10.5 Å². The van der Waals surface area contributed by atoms with Crippen LogP contribution in [0.1, 0.15) is 10.8 Å². The summed E-state index contributed by atoms with van der Waals surface area (Å²) in [6, 6.07) is 14.9. The average Bonchev–Trinajstić information content (AvgIpc) is 2.68. The Bertz CT molecular complexity index is 707. The molecule has 0 amide bonds. The predicted octanol–water partition coefficient (Wildman–Crippen LogP) is 3.27. The molecule has 0 heterocycles. The van der Waals surface area contributed by atoms with E-state index in [0.717, 1.165) is 16.2 Å². The Morgan fingerprint density at radius 3 is 2.35 bits per heavy atom. The Balaban J connectivity index is 2.40. The number of carbonyl (C=O) groups is 1. The van der Waals surface area contributed by atoms with E-state index in [0.29, 0.717) is 5.69 Å². The van der Waals surface area contributed by atoms with Crippen LogP contribution in [0.3, 0.4) is 0 Å². The molecule has 0 radical (unpaired) electrons. The second-order valence-electron chi connectivity index (χ2n) is 5.37. The first-order valence-electron chi connectivity index (χ1n) is 7.94. The summed E-state index contributed by atoms with van der Waals surface area (Å²) in [6.07, 6.45) is -0.863. The number of benzene rings is 2. The van der Waals surface area contributed by atoms with Gasteiger partial charge in [-0.3, -0.25) is 0 Å². The van der Waals surface area contributed by atoms with Gasteiger partial charge in [-0.1, -0.05) is 24.3 Å². The molecule has 2 N–H and O–H groups in total. The molecule has 6 nitrogen and oxygen atoms in total. The van der Waals surface area contributed by atoms with E-state index in [9.17, 15) is 4.79 Å². The molecule has 0 saturated carbocycles. The van der Waals surface area contributed by atoms with Crippen LogP contribution in [-0.4, -0.2) is 40.2 Å². The number of anilines is 1. The number of hydrogen-bond donors (Lipinski definition) is 1. The van der Waals surface area contributed by atoms with Gasteiger partial charge in [0.15, 0.2) is 6.10 Å². The molecule has 26 heavy (non-hydrogen) atoms. The van der Waals surface area contributed by atoms with Gasteiger partial charge in [0.1, 0.15) is 12.5 Å². The lowest BCUT2D eigenvalue weighted by Crippen LogP contribution is -2.31. The molecule has 0 aliphatic carbocycles. The van der Waals surface area contributed by atoms with Crippen LogP contribution in [0.5, 0.6) is 5.75 Å². The van der Waals surface area contributed by atoms with Crippen LogP contribution in [0.4, 0.5) is 5.69 Å². The standard InChI is InChI=1S/C19H23NO5S/c1-22-12-25-17(19(21)24-3)18(13-8-10-14(23-2)11-9-13)26-16-7-5-4-6-15(16)20/h4-11,17-18H,12,20H2,1-3H3/t17-,18+/m1/s1. The Labute approximate surface area is 157 Å². The van der Waals surface area contributed by atoms with Crippen LogP contribution in [0.15, 0.2) is 53.4 Å². The summed E-state index contributed by atoms with van der Waals surface area (Å²) in [6.45, 7) is -0.0305. The fraction of sp³-hybridized carbons (Fsp3) is 0.316. The van der Waals surface area contributed by atoms with Gasteiger partial charge in [0.2, 0.25) is 0 Å². The molecule has 0 unspecified atom stereocenters. The molecule has 140 valence electrons. The Morgan fingerprint density at radius 1 is 1.08 bits per heavy atom. The minimum absolute atomic E-state index is 0.0305. The van der Waals surface area contributed by atoms with Crippen molar-refractivity contribution >= 4 is 23.4 Å². The van der Waals surface area contributed by atoms with Gasteiger partial charge in [0.25, 0.3) is 0 Å². The number of ether oxygens (including phenoxy) is 4. The zero-order chi connectivity index (χ0) is 18.9. The maximum atomic E-state index is 12.4. The third-order valence-electron chi connectivity index (χ3n) is 3.69. The molecule has 0 spiro atoms. The molecule has 0 bridgehead atoms. The van der Waals surface area contributed by atoms with Crippen molar-refractivity contribution in [2.75, 3.05) is 33.9 Å². The molecule has 7 heteroatoms. The molecule has 0 aliphatic rings. The lowest BCUT2D eigenvalue weighted by molar-refractivity contribution is -0.162. The number of para-hydroxylation sites is 1. The largest absolute Gasteiger partial charge is 0.497 e. The highest BCUT2D eigenvalue weighted by molar-refractivity contribution is 7.99. The minimum Gasteiger partial charge on any atom is -0.497 e. The molecule has 2 aromatic carbocycles. The van der Waals surface area contributed by atoms with Gasteiger partial charge in [-0.2, -0.15) is 0 Å². The monoisotopic (exact) mass is 377 g/mol. The van der Waals surface area contributed by atoms with Gasteiger partial charge in [-0.15, -0.1) is 11.8 Å². The lowest BCUT2D eigenvalue weighted by atomic mass is 10.1. The quantitative estimate of drug-likeness (QED) is 0.311.